The molecule has 0 saturated heterocycles. The molecule has 0 bridgehead atoms. The van der Waals surface area contributed by atoms with Gasteiger partial charge in [-0.15, -0.1) is 0 Å². The molecular formula is C32H32N2O5. The van der Waals surface area contributed by atoms with Gasteiger partial charge in [-0.3, -0.25) is 4.79 Å². The van der Waals surface area contributed by atoms with Crippen LogP contribution in [0.3, 0.4) is 0 Å². The van der Waals surface area contributed by atoms with Gasteiger partial charge in [0, 0.05) is 5.56 Å². The summed E-state index contributed by atoms with van der Waals surface area (Å²) in [5.41, 5.74) is 5.85. The Morgan fingerprint density at radius 1 is 0.667 bits per heavy atom. The quantitative estimate of drug-likeness (QED) is 0.162. The fourth-order valence-electron chi connectivity index (χ4n) is 3.74. The van der Waals surface area contributed by atoms with Gasteiger partial charge in [0.2, 0.25) is 0 Å². The highest BCUT2D eigenvalue weighted by molar-refractivity contribution is 5.94. The van der Waals surface area contributed by atoms with E-state index in [0.717, 1.165) is 16.7 Å². The van der Waals surface area contributed by atoms with E-state index in [1.807, 2.05) is 86.6 Å². The lowest BCUT2D eigenvalue weighted by Crippen LogP contribution is -2.17. The van der Waals surface area contributed by atoms with Crippen molar-refractivity contribution in [1.82, 2.24) is 5.43 Å². The van der Waals surface area contributed by atoms with Gasteiger partial charge in [-0.2, -0.15) is 5.10 Å². The van der Waals surface area contributed by atoms with Crippen LogP contribution in [0.25, 0.3) is 0 Å². The fourth-order valence-corrected chi connectivity index (χ4v) is 3.74. The highest BCUT2D eigenvalue weighted by Gasteiger charge is 2.11. The van der Waals surface area contributed by atoms with E-state index >= 15 is 0 Å². The molecule has 4 aromatic rings. The van der Waals surface area contributed by atoms with Crippen LogP contribution in [0, 0.1) is 0 Å². The van der Waals surface area contributed by atoms with Crippen molar-refractivity contribution in [2.45, 2.75) is 27.1 Å². The molecule has 0 aliphatic carbocycles. The van der Waals surface area contributed by atoms with E-state index < -0.39 is 0 Å². The smallest absolute Gasteiger partial charge is 0.271 e. The molecule has 1 amide bonds. The standard InChI is InChI=1S/C32H32N2O5/c1-3-36-30-19-25(21-33-34-32(35)27-13-9-6-10-14-27)15-17-28(30)39-23-26-16-18-29(31(20-26)37-4-2)38-22-24-11-7-5-8-12-24/h5-21H,3-4,22-23H2,1-2H3,(H,34,35)/b33-21+. The second kappa shape index (κ2) is 14.2. The predicted octanol–water partition coefficient (Wildman–Crippen LogP) is 6.41. The monoisotopic (exact) mass is 524 g/mol. The summed E-state index contributed by atoms with van der Waals surface area (Å²) in [5.74, 6) is 2.26. The van der Waals surface area contributed by atoms with Gasteiger partial charge in [-0.05, 0) is 73.0 Å². The first kappa shape index (κ1) is 27.3. The Kier molecular flexibility index (Phi) is 9.95. The first-order chi connectivity index (χ1) is 19.2. The molecule has 0 aliphatic rings. The minimum atomic E-state index is -0.278. The highest BCUT2D eigenvalue weighted by atomic mass is 16.5. The molecule has 7 heteroatoms. The molecule has 7 nitrogen and oxygen atoms in total. The lowest BCUT2D eigenvalue weighted by Gasteiger charge is -2.15. The molecule has 1 N–H and O–H groups in total. The van der Waals surface area contributed by atoms with Crippen LogP contribution in [-0.4, -0.2) is 25.3 Å². The molecule has 0 saturated carbocycles. The number of hydrazone groups is 1. The largest absolute Gasteiger partial charge is 0.490 e. The van der Waals surface area contributed by atoms with Gasteiger partial charge in [0.25, 0.3) is 5.91 Å². The van der Waals surface area contributed by atoms with Gasteiger partial charge in [-0.1, -0.05) is 54.6 Å². The van der Waals surface area contributed by atoms with Gasteiger partial charge in [-0.25, -0.2) is 5.43 Å². The maximum absolute atomic E-state index is 12.2. The summed E-state index contributed by atoms with van der Waals surface area (Å²) in [6.45, 7) is 5.63. The Morgan fingerprint density at radius 3 is 1.92 bits per heavy atom. The van der Waals surface area contributed by atoms with Crippen molar-refractivity contribution in [2.75, 3.05) is 13.2 Å². The zero-order chi connectivity index (χ0) is 27.3. The molecule has 200 valence electrons. The average Bonchev–Trinajstić information content (AvgIpc) is 2.97. The maximum atomic E-state index is 12.2. The Hall–Kier alpha value is -4.78. The van der Waals surface area contributed by atoms with E-state index in [1.54, 1.807) is 30.5 Å². The first-order valence-electron chi connectivity index (χ1n) is 12.9. The molecular weight excluding hydrogens is 492 g/mol. The zero-order valence-electron chi connectivity index (χ0n) is 22.1. The molecule has 0 radical (unpaired) electrons. The van der Waals surface area contributed by atoms with E-state index in [4.69, 9.17) is 18.9 Å². The van der Waals surface area contributed by atoms with Crippen LogP contribution in [0.1, 0.15) is 40.9 Å². The second-order valence-corrected chi connectivity index (χ2v) is 8.48. The van der Waals surface area contributed by atoms with Gasteiger partial charge < -0.3 is 18.9 Å². The summed E-state index contributed by atoms with van der Waals surface area (Å²) in [7, 11) is 0. The van der Waals surface area contributed by atoms with E-state index in [-0.39, 0.29) is 5.91 Å². The summed E-state index contributed by atoms with van der Waals surface area (Å²) < 4.78 is 23.7. The van der Waals surface area contributed by atoms with Crippen molar-refractivity contribution < 1.29 is 23.7 Å². The van der Waals surface area contributed by atoms with Crippen molar-refractivity contribution in [3.8, 4) is 23.0 Å². The summed E-state index contributed by atoms with van der Waals surface area (Å²) >= 11 is 0. The van der Waals surface area contributed by atoms with Crippen molar-refractivity contribution in [3.63, 3.8) is 0 Å². The van der Waals surface area contributed by atoms with Crippen molar-refractivity contribution in [2.24, 2.45) is 5.10 Å². The van der Waals surface area contributed by atoms with Gasteiger partial charge in [0.15, 0.2) is 23.0 Å². The lowest BCUT2D eigenvalue weighted by molar-refractivity contribution is 0.0955. The molecule has 4 aromatic carbocycles. The first-order valence-corrected chi connectivity index (χ1v) is 12.9. The van der Waals surface area contributed by atoms with Gasteiger partial charge in [0.1, 0.15) is 13.2 Å². The fraction of sp³-hybridized carbons (Fsp3) is 0.188. The number of nitrogens with one attached hydrogen (secondary N) is 1. The summed E-state index contributed by atoms with van der Waals surface area (Å²) in [5, 5.41) is 4.07. The number of ether oxygens (including phenoxy) is 4. The molecule has 0 spiro atoms. The topological polar surface area (TPSA) is 78.4 Å². The van der Waals surface area contributed by atoms with E-state index in [9.17, 15) is 4.79 Å². The Morgan fingerprint density at radius 2 is 1.26 bits per heavy atom. The zero-order valence-corrected chi connectivity index (χ0v) is 22.1. The minimum absolute atomic E-state index is 0.278. The van der Waals surface area contributed by atoms with Crippen LogP contribution in [0.2, 0.25) is 0 Å². The van der Waals surface area contributed by atoms with E-state index in [1.165, 1.54) is 0 Å². The number of amides is 1. The number of benzene rings is 4. The van der Waals surface area contributed by atoms with Crippen molar-refractivity contribution in [3.05, 3.63) is 119 Å². The van der Waals surface area contributed by atoms with Crippen molar-refractivity contribution >= 4 is 12.1 Å². The number of rotatable bonds is 13. The van der Waals surface area contributed by atoms with Crippen LogP contribution in [0.4, 0.5) is 0 Å². The number of nitrogens with zero attached hydrogens (tertiary/aromatic N) is 1. The molecule has 39 heavy (non-hydrogen) atoms. The van der Waals surface area contributed by atoms with Gasteiger partial charge >= 0.3 is 0 Å². The highest BCUT2D eigenvalue weighted by Crippen LogP contribution is 2.32. The van der Waals surface area contributed by atoms with E-state index in [2.05, 4.69) is 10.5 Å². The third kappa shape index (κ3) is 8.10. The normalized spacial score (nSPS) is 10.7. The third-order valence-corrected chi connectivity index (χ3v) is 5.62. The van der Waals surface area contributed by atoms with Gasteiger partial charge in [0.05, 0.1) is 19.4 Å². The minimum Gasteiger partial charge on any atom is -0.490 e. The third-order valence-electron chi connectivity index (χ3n) is 5.62. The second-order valence-electron chi connectivity index (χ2n) is 8.48. The Bertz CT molecular complexity index is 1370. The molecule has 0 atom stereocenters. The lowest BCUT2D eigenvalue weighted by atomic mass is 10.2. The van der Waals surface area contributed by atoms with Crippen molar-refractivity contribution in [1.29, 1.82) is 0 Å². The number of hydrogen-bond donors (Lipinski definition) is 1. The van der Waals surface area contributed by atoms with E-state index in [0.29, 0.717) is 55.0 Å². The van der Waals surface area contributed by atoms with Crippen LogP contribution in [0.15, 0.2) is 102 Å². The van der Waals surface area contributed by atoms with Crippen LogP contribution >= 0.6 is 0 Å². The SMILES string of the molecule is CCOc1cc(/C=N/NC(=O)c2ccccc2)ccc1OCc1ccc(OCc2ccccc2)c(OCC)c1. The molecule has 0 unspecified atom stereocenters. The number of carbonyl (C=O) groups excluding carboxylic acids is 1. The summed E-state index contributed by atoms with van der Waals surface area (Å²) in [6.07, 6.45) is 1.57. The molecule has 4 rings (SSSR count). The predicted molar refractivity (Wildman–Crippen MR) is 152 cm³/mol. The van der Waals surface area contributed by atoms with Crippen LogP contribution in [0.5, 0.6) is 23.0 Å². The maximum Gasteiger partial charge on any atom is 0.271 e. The van der Waals surface area contributed by atoms with Crippen LogP contribution in [-0.2, 0) is 13.2 Å². The molecule has 0 aliphatic heterocycles. The molecule has 0 heterocycles. The Labute approximate surface area is 229 Å². The molecule has 0 fully saturated rings. The average molecular weight is 525 g/mol. The summed E-state index contributed by atoms with van der Waals surface area (Å²) in [6, 6.07) is 30.2. The van der Waals surface area contributed by atoms with Crippen LogP contribution < -0.4 is 24.4 Å². The number of carbonyl (C=O) groups is 1. The number of hydrogen-bond acceptors (Lipinski definition) is 6. The molecule has 0 aromatic heterocycles. The summed E-state index contributed by atoms with van der Waals surface area (Å²) in [4.78, 5) is 12.2. The Balaban J connectivity index is 1.39.